The minimum absolute atomic E-state index is 0.104. The van der Waals surface area contributed by atoms with Gasteiger partial charge in [-0.05, 0) is 24.1 Å². The van der Waals surface area contributed by atoms with Gasteiger partial charge < -0.3 is 5.73 Å². The van der Waals surface area contributed by atoms with Gasteiger partial charge >= 0.3 is 0 Å². The molecule has 1 heterocycles. The fourth-order valence-corrected chi connectivity index (χ4v) is 1.33. The van der Waals surface area contributed by atoms with E-state index in [1.807, 2.05) is 18.2 Å². The van der Waals surface area contributed by atoms with Crippen molar-refractivity contribution in [3.05, 3.63) is 23.8 Å². The second kappa shape index (κ2) is 3.14. The standard InChI is InChI=1S/C9H12N4/c1-2-7(10)6-3-4-8-9(5-6)12-13-11-8/h3-5,7H,2,10H2,1H3,(H,11,12,13)/t7-/m1/s1. The maximum Gasteiger partial charge on any atom is 0.112 e. The number of fused-ring (bicyclic) bond motifs is 1. The maximum absolute atomic E-state index is 5.90. The van der Waals surface area contributed by atoms with Crippen molar-refractivity contribution < 1.29 is 0 Å². The van der Waals surface area contributed by atoms with E-state index in [4.69, 9.17) is 5.73 Å². The Labute approximate surface area is 76.1 Å². The molecule has 0 radical (unpaired) electrons. The van der Waals surface area contributed by atoms with Crippen molar-refractivity contribution in [2.24, 2.45) is 5.73 Å². The number of nitrogens with two attached hydrogens (primary N) is 1. The summed E-state index contributed by atoms with van der Waals surface area (Å²) in [5.74, 6) is 0. The van der Waals surface area contributed by atoms with E-state index in [1.54, 1.807) is 0 Å². The van der Waals surface area contributed by atoms with Crippen molar-refractivity contribution >= 4 is 11.0 Å². The molecule has 4 heteroatoms. The first-order valence-corrected chi connectivity index (χ1v) is 4.37. The maximum atomic E-state index is 5.90. The first-order valence-electron chi connectivity index (χ1n) is 4.37. The number of aromatic nitrogens is 3. The zero-order chi connectivity index (χ0) is 9.26. The lowest BCUT2D eigenvalue weighted by Gasteiger charge is -2.07. The summed E-state index contributed by atoms with van der Waals surface area (Å²) in [6.07, 6.45) is 0.938. The molecule has 4 nitrogen and oxygen atoms in total. The van der Waals surface area contributed by atoms with Crippen LogP contribution in [0.4, 0.5) is 0 Å². The Morgan fingerprint density at radius 3 is 3.15 bits per heavy atom. The van der Waals surface area contributed by atoms with Gasteiger partial charge in [-0.3, -0.25) is 5.10 Å². The van der Waals surface area contributed by atoms with Gasteiger partial charge in [0.1, 0.15) is 5.52 Å². The van der Waals surface area contributed by atoms with E-state index in [-0.39, 0.29) is 6.04 Å². The quantitative estimate of drug-likeness (QED) is 0.726. The van der Waals surface area contributed by atoms with Gasteiger partial charge in [0.15, 0.2) is 0 Å². The van der Waals surface area contributed by atoms with Crippen molar-refractivity contribution in [2.45, 2.75) is 19.4 Å². The Kier molecular flexibility index (Phi) is 1.98. The monoisotopic (exact) mass is 176 g/mol. The van der Waals surface area contributed by atoms with E-state index in [2.05, 4.69) is 22.3 Å². The summed E-state index contributed by atoms with van der Waals surface area (Å²) in [6, 6.07) is 6.04. The van der Waals surface area contributed by atoms with Crippen molar-refractivity contribution in [1.29, 1.82) is 0 Å². The molecule has 0 saturated heterocycles. The van der Waals surface area contributed by atoms with Gasteiger partial charge in [-0.1, -0.05) is 18.2 Å². The van der Waals surface area contributed by atoms with E-state index < -0.39 is 0 Å². The van der Waals surface area contributed by atoms with Crippen LogP contribution in [-0.2, 0) is 0 Å². The Bertz CT molecular complexity index is 407. The van der Waals surface area contributed by atoms with Gasteiger partial charge in [-0.25, -0.2) is 0 Å². The third-order valence-corrected chi connectivity index (χ3v) is 2.22. The third kappa shape index (κ3) is 1.40. The zero-order valence-electron chi connectivity index (χ0n) is 7.49. The molecule has 2 aromatic rings. The normalized spacial score (nSPS) is 13.4. The Morgan fingerprint density at radius 2 is 2.38 bits per heavy atom. The molecule has 13 heavy (non-hydrogen) atoms. The molecule has 2 rings (SSSR count). The lowest BCUT2D eigenvalue weighted by Crippen LogP contribution is -2.08. The van der Waals surface area contributed by atoms with E-state index in [0.717, 1.165) is 23.0 Å². The Hall–Kier alpha value is -1.42. The number of H-pyrrole nitrogens is 1. The number of aromatic amines is 1. The lowest BCUT2D eigenvalue weighted by atomic mass is 10.1. The molecule has 0 saturated carbocycles. The molecule has 3 N–H and O–H groups in total. The summed E-state index contributed by atoms with van der Waals surface area (Å²) in [7, 11) is 0. The van der Waals surface area contributed by atoms with Gasteiger partial charge in [-0.2, -0.15) is 0 Å². The van der Waals surface area contributed by atoms with Crippen LogP contribution in [0.15, 0.2) is 18.2 Å². The Balaban J connectivity index is 2.48. The van der Waals surface area contributed by atoms with Gasteiger partial charge in [0.2, 0.25) is 0 Å². The molecular formula is C9H12N4. The molecule has 0 aliphatic carbocycles. The molecule has 0 amide bonds. The van der Waals surface area contributed by atoms with Gasteiger partial charge in [0.05, 0.1) is 5.52 Å². The highest BCUT2D eigenvalue weighted by Gasteiger charge is 2.04. The summed E-state index contributed by atoms with van der Waals surface area (Å²) in [6.45, 7) is 2.07. The van der Waals surface area contributed by atoms with E-state index in [1.165, 1.54) is 0 Å². The average Bonchev–Trinajstić information content (AvgIpc) is 2.63. The van der Waals surface area contributed by atoms with Crippen molar-refractivity contribution in [3.8, 4) is 0 Å². The van der Waals surface area contributed by atoms with Crippen LogP contribution in [0.2, 0.25) is 0 Å². The van der Waals surface area contributed by atoms with E-state index >= 15 is 0 Å². The number of rotatable bonds is 2. The molecule has 0 aliphatic heterocycles. The molecule has 1 aromatic heterocycles. The van der Waals surface area contributed by atoms with Gasteiger partial charge in [0, 0.05) is 6.04 Å². The van der Waals surface area contributed by atoms with Crippen LogP contribution in [0, 0.1) is 0 Å². The molecule has 0 aliphatic rings. The first kappa shape index (κ1) is 8.19. The zero-order valence-corrected chi connectivity index (χ0v) is 7.49. The van der Waals surface area contributed by atoms with Crippen molar-refractivity contribution in [3.63, 3.8) is 0 Å². The van der Waals surface area contributed by atoms with Crippen LogP contribution >= 0.6 is 0 Å². The van der Waals surface area contributed by atoms with Crippen molar-refractivity contribution in [2.75, 3.05) is 0 Å². The van der Waals surface area contributed by atoms with Crippen LogP contribution in [0.3, 0.4) is 0 Å². The third-order valence-electron chi connectivity index (χ3n) is 2.22. The van der Waals surface area contributed by atoms with E-state index in [0.29, 0.717) is 0 Å². The fraction of sp³-hybridized carbons (Fsp3) is 0.333. The molecule has 0 spiro atoms. The lowest BCUT2D eigenvalue weighted by molar-refractivity contribution is 0.699. The van der Waals surface area contributed by atoms with Gasteiger partial charge in [0.25, 0.3) is 0 Å². The van der Waals surface area contributed by atoms with Crippen LogP contribution in [-0.4, -0.2) is 15.4 Å². The minimum atomic E-state index is 0.104. The Morgan fingerprint density at radius 1 is 1.54 bits per heavy atom. The second-order valence-electron chi connectivity index (χ2n) is 3.10. The number of hydrogen-bond acceptors (Lipinski definition) is 3. The largest absolute Gasteiger partial charge is 0.324 e. The topological polar surface area (TPSA) is 67.6 Å². The average molecular weight is 176 g/mol. The molecule has 0 bridgehead atoms. The molecule has 0 unspecified atom stereocenters. The number of benzene rings is 1. The predicted octanol–water partition coefficient (Wildman–Crippen LogP) is 1.37. The number of nitrogens with one attached hydrogen (secondary N) is 1. The fourth-order valence-electron chi connectivity index (χ4n) is 1.33. The number of nitrogens with zero attached hydrogens (tertiary/aromatic N) is 2. The van der Waals surface area contributed by atoms with Crippen molar-refractivity contribution in [1.82, 2.24) is 15.4 Å². The summed E-state index contributed by atoms with van der Waals surface area (Å²) in [4.78, 5) is 0. The molecule has 68 valence electrons. The minimum Gasteiger partial charge on any atom is -0.324 e. The van der Waals surface area contributed by atoms with E-state index in [9.17, 15) is 0 Å². The van der Waals surface area contributed by atoms with Crippen LogP contribution in [0.1, 0.15) is 24.9 Å². The SMILES string of the molecule is CC[C@@H](N)c1ccc2nn[nH]c2c1. The smallest absolute Gasteiger partial charge is 0.112 e. The molecule has 1 atom stereocenters. The summed E-state index contributed by atoms with van der Waals surface area (Å²) in [5.41, 5.74) is 8.85. The van der Waals surface area contributed by atoms with Crippen LogP contribution in [0.25, 0.3) is 11.0 Å². The predicted molar refractivity (Wildman–Crippen MR) is 51.1 cm³/mol. The summed E-state index contributed by atoms with van der Waals surface area (Å²) >= 11 is 0. The number of hydrogen-bond donors (Lipinski definition) is 2. The molecule has 1 aromatic carbocycles. The van der Waals surface area contributed by atoms with Crippen LogP contribution < -0.4 is 5.73 Å². The van der Waals surface area contributed by atoms with Crippen LogP contribution in [0.5, 0.6) is 0 Å². The summed E-state index contributed by atoms with van der Waals surface area (Å²) in [5, 5.41) is 10.4. The summed E-state index contributed by atoms with van der Waals surface area (Å²) < 4.78 is 0. The molecule has 0 fully saturated rings. The highest BCUT2D eigenvalue weighted by molar-refractivity contribution is 5.74. The highest BCUT2D eigenvalue weighted by Crippen LogP contribution is 2.17. The van der Waals surface area contributed by atoms with Gasteiger partial charge in [-0.15, -0.1) is 5.10 Å². The second-order valence-corrected chi connectivity index (χ2v) is 3.10. The first-order chi connectivity index (χ1) is 6.31. The molecular weight excluding hydrogens is 164 g/mol. The highest BCUT2D eigenvalue weighted by atomic mass is 15.3.